The molecule has 0 radical (unpaired) electrons. The van der Waals surface area contributed by atoms with E-state index in [2.05, 4.69) is 20.3 Å². The lowest BCUT2D eigenvalue weighted by atomic mass is 9.87. The topological polar surface area (TPSA) is 123 Å². The lowest BCUT2D eigenvalue weighted by Crippen LogP contribution is -2.43. The van der Waals surface area contributed by atoms with Gasteiger partial charge in [-0.05, 0) is 63.4 Å². The Morgan fingerprint density at radius 3 is 2.76 bits per heavy atom. The third-order valence-electron chi connectivity index (χ3n) is 6.01. The number of ether oxygens (including phenoxy) is 1. The summed E-state index contributed by atoms with van der Waals surface area (Å²) in [5.74, 6) is -0.521. The minimum absolute atomic E-state index is 0.101. The number of anilines is 1. The second-order valence-corrected chi connectivity index (χ2v) is 9.96. The van der Waals surface area contributed by atoms with E-state index in [1.807, 2.05) is 6.07 Å². The zero-order valence-electron chi connectivity index (χ0n) is 21.4. The Morgan fingerprint density at radius 1 is 1.27 bits per heavy atom. The maximum atomic E-state index is 14.4. The SMILES string of the molecule is Cc1nc(N)nc2c1C(=O)N(CCCNC(=O)OC(C)(C)C)C(c1ccc(F)cc1-c1cccnc1)C2. The van der Waals surface area contributed by atoms with E-state index < -0.39 is 17.7 Å². The molecule has 1 aliphatic heterocycles. The highest BCUT2D eigenvalue weighted by Crippen LogP contribution is 2.38. The molecule has 0 fully saturated rings. The summed E-state index contributed by atoms with van der Waals surface area (Å²) >= 11 is 0. The van der Waals surface area contributed by atoms with E-state index in [1.165, 1.54) is 12.1 Å². The summed E-state index contributed by atoms with van der Waals surface area (Å²) in [6, 6.07) is 7.73. The molecule has 3 heterocycles. The molecule has 1 atom stereocenters. The van der Waals surface area contributed by atoms with Crippen LogP contribution in [0.3, 0.4) is 0 Å². The highest BCUT2D eigenvalue weighted by atomic mass is 19.1. The van der Waals surface area contributed by atoms with Crippen molar-refractivity contribution in [3.8, 4) is 11.1 Å². The van der Waals surface area contributed by atoms with Crippen LogP contribution in [-0.2, 0) is 11.2 Å². The maximum absolute atomic E-state index is 14.4. The smallest absolute Gasteiger partial charge is 0.407 e. The first-order chi connectivity index (χ1) is 17.5. The van der Waals surface area contributed by atoms with E-state index in [0.29, 0.717) is 48.4 Å². The number of benzene rings is 1. The largest absolute Gasteiger partial charge is 0.444 e. The number of halogens is 1. The van der Waals surface area contributed by atoms with Crippen LogP contribution in [0.5, 0.6) is 0 Å². The second-order valence-electron chi connectivity index (χ2n) is 9.96. The van der Waals surface area contributed by atoms with Crippen LogP contribution in [0.25, 0.3) is 11.1 Å². The van der Waals surface area contributed by atoms with Crippen LogP contribution in [0.4, 0.5) is 15.1 Å². The Balaban J connectivity index is 1.67. The summed E-state index contributed by atoms with van der Waals surface area (Å²) in [6.07, 6.45) is 3.66. The fourth-order valence-corrected chi connectivity index (χ4v) is 4.54. The number of nitrogens with one attached hydrogen (secondary N) is 1. The van der Waals surface area contributed by atoms with Crippen LogP contribution in [0.2, 0.25) is 0 Å². The zero-order valence-corrected chi connectivity index (χ0v) is 21.4. The highest BCUT2D eigenvalue weighted by molar-refractivity contribution is 5.98. The lowest BCUT2D eigenvalue weighted by molar-refractivity contribution is 0.0523. The number of nitrogen functional groups attached to an aromatic ring is 1. The van der Waals surface area contributed by atoms with Crippen molar-refractivity contribution in [2.45, 2.75) is 52.2 Å². The van der Waals surface area contributed by atoms with Crippen LogP contribution >= 0.6 is 0 Å². The number of hydrogen-bond acceptors (Lipinski definition) is 7. The standard InChI is InChI=1S/C27H31FN6O3/c1-16-23-21(33-25(29)32-16)14-22(19-9-8-18(28)13-20(19)17-7-5-10-30-15-17)34(24(23)35)12-6-11-31-26(36)37-27(2,3)4/h5,7-10,13,15,22H,6,11-12,14H2,1-4H3,(H,31,36)(H2,29,32,33). The van der Waals surface area contributed by atoms with Gasteiger partial charge in [0, 0.05) is 37.5 Å². The molecule has 37 heavy (non-hydrogen) atoms. The van der Waals surface area contributed by atoms with Gasteiger partial charge < -0.3 is 20.7 Å². The molecule has 0 spiro atoms. The molecule has 0 saturated carbocycles. The number of amides is 2. The molecule has 1 aliphatic rings. The van der Waals surface area contributed by atoms with Crippen molar-refractivity contribution >= 4 is 17.9 Å². The molecular weight excluding hydrogens is 475 g/mol. The van der Waals surface area contributed by atoms with Gasteiger partial charge >= 0.3 is 6.09 Å². The monoisotopic (exact) mass is 506 g/mol. The van der Waals surface area contributed by atoms with Gasteiger partial charge in [0.2, 0.25) is 5.95 Å². The van der Waals surface area contributed by atoms with Crippen molar-refractivity contribution in [2.75, 3.05) is 18.8 Å². The van der Waals surface area contributed by atoms with Gasteiger partial charge in [-0.1, -0.05) is 12.1 Å². The number of nitrogens with two attached hydrogens (primary N) is 1. The van der Waals surface area contributed by atoms with Crippen LogP contribution in [-0.4, -0.2) is 50.5 Å². The molecule has 0 aliphatic carbocycles. The Labute approximate surface area is 215 Å². The molecule has 0 bridgehead atoms. The van der Waals surface area contributed by atoms with Gasteiger partial charge in [0.25, 0.3) is 5.91 Å². The number of nitrogens with zero attached hydrogens (tertiary/aromatic N) is 4. The van der Waals surface area contributed by atoms with Gasteiger partial charge in [-0.25, -0.2) is 19.2 Å². The first-order valence-corrected chi connectivity index (χ1v) is 12.1. The van der Waals surface area contributed by atoms with E-state index in [-0.39, 0.29) is 17.7 Å². The fraction of sp³-hybridized carbons (Fsp3) is 0.370. The quantitative estimate of drug-likeness (QED) is 0.480. The molecule has 2 amide bonds. The predicted octanol–water partition coefficient (Wildman–Crippen LogP) is 4.22. The van der Waals surface area contributed by atoms with Gasteiger partial charge in [-0.2, -0.15) is 0 Å². The maximum Gasteiger partial charge on any atom is 0.407 e. The first kappa shape index (κ1) is 26.0. The summed E-state index contributed by atoms with van der Waals surface area (Å²) in [4.78, 5) is 40.3. The lowest BCUT2D eigenvalue weighted by Gasteiger charge is -2.38. The fourth-order valence-electron chi connectivity index (χ4n) is 4.54. The molecule has 4 rings (SSSR count). The average molecular weight is 507 g/mol. The van der Waals surface area contributed by atoms with Crippen molar-refractivity contribution in [2.24, 2.45) is 0 Å². The molecule has 10 heteroatoms. The van der Waals surface area contributed by atoms with Gasteiger partial charge in [-0.15, -0.1) is 0 Å². The molecule has 2 aromatic heterocycles. The molecule has 194 valence electrons. The van der Waals surface area contributed by atoms with Crippen molar-refractivity contribution in [3.05, 3.63) is 71.1 Å². The number of hydrogen-bond donors (Lipinski definition) is 2. The molecule has 3 aromatic rings. The van der Waals surface area contributed by atoms with Crippen molar-refractivity contribution in [1.82, 2.24) is 25.2 Å². The predicted molar refractivity (Wildman–Crippen MR) is 137 cm³/mol. The number of pyridine rings is 1. The minimum atomic E-state index is -0.605. The number of alkyl carbamates (subject to hydrolysis) is 1. The van der Waals surface area contributed by atoms with Gasteiger partial charge in [0.15, 0.2) is 0 Å². The third-order valence-corrected chi connectivity index (χ3v) is 6.01. The Bertz CT molecular complexity index is 1310. The molecule has 1 aromatic carbocycles. The Hall–Kier alpha value is -4.08. The summed E-state index contributed by atoms with van der Waals surface area (Å²) in [5, 5.41) is 2.73. The minimum Gasteiger partial charge on any atom is -0.444 e. The van der Waals surface area contributed by atoms with Gasteiger partial charge in [-0.3, -0.25) is 9.78 Å². The van der Waals surface area contributed by atoms with Crippen LogP contribution in [0.15, 0.2) is 42.7 Å². The van der Waals surface area contributed by atoms with Gasteiger partial charge in [0.05, 0.1) is 23.0 Å². The summed E-state index contributed by atoms with van der Waals surface area (Å²) < 4.78 is 19.7. The number of carbonyl (C=O) groups is 2. The number of aryl methyl sites for hydroxylation is 1. The molecule has 0 saturated heterocycles. The van der Waals surface area contributed by atoms with Crippen LogP contribution in [0, 0.1) is 12.7 Å². The number of carbonyl (C=O) groups excluding carboxylic acids is 2. The summed E-state index contributed by atoms with van der Waals surface area (Å²) in [6.45, 7) is 7.76. The van der Waals surface area contributed by atoms with Crippen molar-refractivity contribution in [3.63, 3.8) is 0 Å². The zero-order chi connectivity index (χ0) is 26.7. The first-order valence-electron chi connectivity index (χ1n) is 12.1. The number of fused-ring (bicyclic) bond motifs is 1. The summed E-state index contributed by atoms with van der Waals surface area (Å²) in [7, 11) is 0. The van der Waals surface area contributed by atoms with Crippen molar-refractivity contribution < 1.29 is 18.7 Å². The van der Waals surface area contributed by atoms with Gasteiger partial charge in [0.1, 0.15) is 11.4 Å². The second kappa shape index (κ2) is 10.5. The van der Waals surface area contributed by atoms with Crippen LogP contribution < -0.4 is 11.1 Å². The van der Waals surface area contributed by atoms with E-state index in [0.717, 1.165) is 11.1 Å². The summed E-state index contributed by atoms with van der Waals surface area (Å²) in [5.41, 5.74) is 8.94. The number of aromatic nitrogens is 3. The van der Waals surface area contributed by atoms with E-state index in [9.17, 15) is 14.0 Å². The van der Waals surface area contributed by atoms with E-state index >= 15 is 0 Å². The van der Waals surface area contributed by atoms with Crippen molar-refractivity contribution in [1.29, 1.82) is 0 Å². The normalized spacial score (nSPS) is 15.3. The van der Waals surface area contributed by atoms with Crippen LogP contribution in [0.1, 0.15) is 60.5 Å². The highest BCUT2D eigenvalue weighted by Gasteiger charge is 2.37. The molecular formula is C27H31FN6O3. The average Bonchev–Trinajstić information content (AvgIpc) is 2.81. The molecule has 9 nitrogen and oxygen atoms in total. The molecule has 3 N–H and O–H groups in total. The molecule has 1 unspecified atom stereocenters. The van der Waals surface area contributed by atoms with E-state index in [4.69, 9.17) is 10.5 Å². The Morgan fingerprint density at radius 2 is 2.05 bits per heavy atom. The third kappa shape index (κ3) is 6.02. The Kier molecular flexibility index (Phi) is 7.37. The number of rotatable bonds is 6. The van der Waals surface area contributed by atoms with E-state index in [1.54, 1.807) is 57.1 Å².